The molecule has 106 valence electrons. The number of carbonyl (C=O) groups excluding carboxylic acids is 1. The van der Waals surface area contributed by atoms with Gasteiger partial charge in [-0.1, -0.05) is 18.5 Å². The van der Waals surface area contributed by atoms with Gasteiger partial charge in [0.1, 0.15) is 5.82 Å². The summed E-state index contributed by atoms with van der Waals surface area (Å²) in [5, 5.41) is 4.55. The van der Waals surface area contributed by atoms with Gasteiger partial charge in [-0.05, 0) is 37.6 Å². The van der Waals surface area contributed by atoms with E-state index in [1.807, 2.05) is 24.6 Å². The molecule has 2 aromatic rings. The summed E-state index contributed by atoms with van der Waals surface area (Å²) in [5.41, 5.74) is 2.16. The topological polar surface area (TPSA) is 34.9 Å². The second-order valence-electron chi connectivity index (χ2n) is 4.52. The van der Waals surface area contributed by atoms with Crippen molar-refractivity contribution in [1.82, 2.24) is 9.78 Å². The van der Waals surface area contributed by atoms with E-state index in [-0.39, 0.29) is 17.2 Å². The van der Waals surface area contributed by atoms with Crippen LogP contribution < -0.4 is 0 Å². The molecule has 0 amide bonds. The highest BCUT2D eigenvalue weighted by Gasteiger charge is 2.15. The second kappa shape index (κ2) is 6.18. The first kappa shape index (κ1) is 14.7. The van der Waals surface area contributed by atoms with Gasteiger partial charge >= 0.3 is 0 Å². The van der Waals surface area contributed by atoms with E-state index in [1.54, 1.807) is 0 Å². The zero-order valence-electron chi connectivity index (χ0n) is 11.5. The number of hydrogen-bond donors (Lipinski definition) is 0. The average Bonchev–Trinajstić information content (AvgIpc) is 2.80. The van der Waals surface area contributed by atoms with Gasteiger partial charge in [-0.25, -0.2) is 4.39 Å². The van der Waals surface area contributed by atoms with E-state index in [1.165, 1.54) is 12.1 Å². The molecule has 0 bridgehead atoms. The summed E-state index contributed by atoms with van der Waals surface area (Å²) in [6.45, 7) is 4.70. The minimum Gasteiger partial charge on any atom is -0.294 e. The Morgan fingerprint density at radius 2 is 2.10 bits per heavy atom. The predicted octanol–water partition coefficient (Wildman–Crippen LogP) is 3.68. The van der Waals surface area contributed by atoms with Crippen LogP contribution in [0.15, 0.2) is 24.3 Å². The third-order valence-corrected chi connectivity index (χ3v) is 3.46. The predicted molar refractivity (Wildman–Crippen MR) is 76.7 cm³/mol. The Labute approximate surface area is 122 Å². The molecule has 0 aliphatic heterocycles. The lowest BCUT2D eigenvalue weighted by atomic mass is 10.1. The van der Waals surface area contributed by atoms with Gasteiger partial charge in [0, 0.05) is 17.8 Å². The van der Waals surface area contributed by atoms with Crippen molar-refractivity contribution in [3.63, 3.8) is 0 Å². The Kier molecular flexibility index (Phi) is 4.55. The minimum absolute atomic E-state index is 0.132. The third kappa shape index (κ3) is 3.07. The second-order valence-corrected chi connectivity index (χ2v) is 4.93. The lowest BCUT2D eigenvalue weighted by Crippen LogP contribution is -2.10. The summed E-state index contributed by atoms with van der Waals surface area (Å²) in [7, 11) is 0. The van der Waals surface area contributed by atoms with Crippen LogP contribution in [0.25, 0.3) is 0 Å². The Bertz CT molecular complexity index is 637. The molecule has 1 aromatic heterocycles. The Hall–Kier alpha value is -1.68. The SMILES string of the molecule is CCc1cc(CC(=O)c2ccc(F)cc2Cl)n(CC)n1. The van der Waals surface area contributed by atoms with Crippen LogP contribution in [-0.2, 0) is 19.4 Å². The standard InChI is InChI=1S/C15H16ClFN2O/c1-3-11-8-12(19(4-2)18-11)9-15(20)13-6-5-10(17)7-14(13)16/h5-8H,3-4,9H2,1-2H3. The fourth-order valence-electron chi connectivity index (χ4n) is 2.08. The Morgan fingerprint density at radius 1 is 1.35 bits per heavy atom. The van der Waals surface area contributed by atoms with Crippen molar-refractivity contribution >= 4 is 17.4 Å². The van der Waals surface area contributed by atoms with Crippen molar-refractivity contribution in [1.29, 1.82) is 0 Å². The van der Waals surface area contributed by atoms with Crippen molar-refractivity contribution in [2.24, 2.45) is 0 Å². The molecule has 5 heteroatoms. The van der Waals surface area contributed by atoms with Gasteiger partial charge < -0.3 is 0 Å². The zero-order valence-corrected chi connectivity index (χ0v) is 12.2. The van der Waals surface area contributed by atoms with Gasteiger partial charge in [0.25, 0.3) is 0 Å². The zero-order chi connectivity index (χ0) is 14.7. The first-order valence-electron chi connectivity index (χ1n) is 6.59. The monoisotopic (exact) mass is 294 g/mol. The first-order valence-corrected chi connectivity index (χ1v) is 6.96. The number of Topliss-reactive ketones (excluding diaryl/α,β-unsaturated/α-hetero) is 1. The van der Waals surface area contributed by atoms with Crippen molar-refractivity contribution in [2.45, 2.75) is 33.2 Å². The number of carbonyl (C=O) groups is 1. The van der Waals surface area contributed by atoms with E-state index in [0.717, 1.165) is 23.9 Å². The molecule has 0 unspecified atom stereocenters. The summed E-state index contributed by atoms with van der Waals surface area (Å²) in [4.78, 5) is 12.3. The molecule has 0 saturated carbocycles. The lowest BCUT2D eigenvalue weighted by Gasteiger charge is -2.05. The smallest absolute Gasteiger partial charge is 0.170 e. The number of rotatable bonds is 5. The molecule has 3 nitrogen and oxygen atoms in total. The summed E-state index contributed by atoms with van der Waals surface area (Å²) in [6.07, 6.45) is 1.04. The molecule has 2 rings (SSSR count). The van der Waals surface area contributed by atoms with Crippen LogP contribution in [0.1, 0.15) is 35.6 Å². The number of aromatic nitrogens is 2. The number of ketones is 1. The molecule has 0 N–H and O–H groups in total. The van der Waals surface area contributed by atoms with Crippen LogP contribution in [0, 0.1) is 5.82 Å². The average molecular weight is 295 g/mol. The quantitative estimate of drug-likeness (QED) is 0.788. The van der Waals surface area contributed by atoms with Crippen LogP contribution in [0.2, 0.25) is 5.02 Å². The number of nitrogens with zero attached hydrogens (tertiary/aromatic N) is 2. The maximum absolute atomic E-state index is 13.0. The summed E-state index contributed by atoms with van der Waals surface area (Å²) in [6, 6.07) is 5.75. The molecular weight excluding hydrogens is 279 g/mol. The van der Waals surface area contributed by atoms with Crippen LogP contribution in [-0.4, -0.2) is 15.6 Å². The van der Waals surface area contributed by atoms with Crippen LogP contribution >= 0.6 is 11.6 Å². The maximum Gasteiger partial charge on any atom is 0.170 e. The summed E-state index contributed by atoms with van der Waals surface area (Å²) in [5.74, 6) is -0.578. The van der Waals surface area contributed by atoms with Crippen molar-refractivity contribution in [2.75, 3.05) is 0 Å². The fourth-order valence-corrected chi connectivity index (χ4v) is 2.35. The van der Waals surface area contributed by atoms with E-state index >= 15 is 0 Å². The highest BCUT2D eigenvalue weighted by molar-refractivity contribution is 6.34. The Morgan fingerprint density at radius 3 is 2.70 bits per heavy atom. The van der Waals surface area contributed by atoms with Gasteiger partial charge in [0.2, 0.25) is 0 Å². The normalized spacial score (nSPS) is 10.8. The molecule has 0 atom stereocenters. The maximum atomic E-state index is 13.0. The van der Waals surface area contributed by atoms with Gasteiger partial charge in [-0.15, -0.1) is 0 Å². The molecule has 0 aliphatic carbocycles. The molecule has 0 fully saturated rings. The highest BCUT2D eigenvalue weighted by Crippen LogP contribution is 2.19. The first-order chi connectivity index (χ1) is 9.55. The third-order valence-electron chi connectivity index (χ3n) is 3.15. The van der Waals surface area contributed by atoms with Crippen molar-refractivity contribution in [3.8, 4) is 0 Å². The van der Waals surface area contributed by atoms with E-state index in [2.05, 4.69) is 5.10 Å². The Balaban J connectivity index is 2.25. The van der Waals surface area contributed by atoms with Crippen LogP contribution in [0.4, 0.5) is 4.39 Å². The molecule has 0 spiro atoms. The number of halogens is 2. The minimum atomic E-state index is -0.446. The van der Waals surface area contributed by atoms with Gasteiger partial charge in [0.05, 0.1) is 17.1 Å². The summed E-state index contributed by atoms with van der Waals surface area (Å²) < 4.78 is 14.8. The molecule has 0 saturated heterocycles. The van der Waals surface area contributed by atoms with Gasteiger partial charge in [-0.2, -0.15) is 5.10 Å². The van der Waals surface area contributed by atoms with Crippen LogP contribution in [0.5, 0.6) is 0 Å². The van der Waals surface area contributed by atoms with Crippen molar-refractivity contribution < 1.29 is 9.18 Å². The lowest BCUT2D eigenvalue weighted by molar-refractivity contribution is 0.0990. The van der Waals surface area contributed by atoms with E-state index in [4.69, 9.17) is 11.6 Å². The summed E-state index contributed by atoms with van der Waals surface area (Å²) >= 11 is 5.91. The number of hydrogen-bond acceptors (Lipinski definition) is 2. The number of aryl methyl sites for hydroxylation is 2. The van der Waals surface area contributed by atoms with Gasteiger partial charge in [0.15, 0.2) is 5.78 Å². The number of benzene rings is 1. The van der Waals surface area contributed by atoms with Crippen LogP contribution in [0.3, 0.4) is 0 Å². The van der Waals surface area contributed by atoms with E-state index in [0.29, 0.717) is 12.1 Å². The largest absolute Gasteiger partial charge is 0.294 e. The molecule has 20 heavy (non-hydrogen) atoms. The highest BCUT2D eigenvalue weighted by atomic mass is 35.5. The molecular formula is C15H16ClFN2O. The molecule has 1 heterocycles. The van der Waals surface area contributed by atoms with Gasteiger partial charge in [-0.3, -0.25) is 9.48 Å². The molecule has 1 aromatic carbocycles. The van der Waals surface area contributed by atoms with Crippen molar-refractivity contribution in [3.05, 3.63) is 52.1 Å². The fraction of sp³-hybridized carbons (Fsp3) is 0.333. The van der Waals surface area contributed by atoms with E-state index < -0.39 is 5.82 Å². The molecule has 0 aliphatic rings. The van der Waals surface area contributed by atoms with E-state index in [9.17, 15) is 9.18 Å². The molecule has 0 radical (unpaired) electrons.